The van der Waals surface area contributed by atoms with E-state index in [1.807, 2.05) is 13.8 Å². The highest BCUT2D eigenvalue weighted by Gasteiger charge is 2.13. The second-order valence-electron chi connectivity index (χ2n) is 5.17. The predicted molar refractivity (Wildman–Crippen MR) is 85.5 cm³/mol. The molecule has 0 aliphatic carbocycles. The van der Waals surface area contributed by atoms with E-state index in [-0.39, 0.29) is 17.3 Å². The third-order valence-electron chi connectivity index (χ3n) is 3.50. The molecule has 21 heavy (non-hydrogen) atoms. The molecule has 0 radical (unpaired) electrons. The van der Waals surface area contributed by atoms with Crippen molar-refractivity contribution in [3.05, 3.63) is 0 Å². The zero-order valence-electron chi connectivity index (χ0n) is 14.0. The van der Waals surface area contributed by atoms with E-state index in [1.165, 1.54) is 0 Å². The summed E-state index contributed by atoms with van der Waals surface area (Å²) >= 11 is 0. The zero-order valence-corrected chi connectivity index (χ0v) is 14.0. The number of rotatable bonds is 10. The molecule has 2 atom stereocenters. The Bertz CT molecular complexity index is 227. The first-order chi connectivity index (χ1) is 9.44. The first-order valence-electron chi connectivity index (χ1n) is 7.89. The van der Waals surface area contributed by atoms with Gasteiger partial charge in [-0.1, -0.05) is 53.4 Å². The first kappa shape index (κ1) is 24.9. The van der Waals surface area contributed by atoms with Gasteiger partial charge in [0.25, 0.3) is 0 Å². The van der Waals surface area contributed by atoms with Crippen molar-refractivity contribution in [2.45, 2.75) is 79.1 Å². The van der Waals surface area contributed by atoms with Crippen molar-refractivity contribution >= 4 is 11.9 Å². The van der Waals surface area contributed by atoms with E-state index in [1.54, 1.807) is 0 Å². The molecule has 0 bridgehead atoms. The quantitative estimate of drug-likeness (QED) is 0.641. The molecular weight excluding hydrogens is 272 g/mol. The molecule has 4 N–H and O–H groups in total. The molecular formula is C16H34O5. The van der Waals surface area contributed by atoms with E-state index in [0.29, 0.717) is 0 Å². The third kappa shape index (κ3) is 15.1. The van der Waals surface area contributed by atoms with Crippen LogP contribution in [0, 0.1) is 11.8 Å². The maximum atomic E-state index is 10.4. The average molecular weight is 306 g/mol. The van der Waals surface area contributed by atoms with E-state index in [0.717, 1.165) is 51.4 Å². The highest BCUT2D eigenvalue weighted by molar-refractivity contribution is 5.70. The maximum absolute atomic E-state index is 10.4. The van der Waals surface area contributed by atoms with E-state index < -0.39 is 11.9 Å². The first-order valence-corrected chi connectivity index (χ1v) is 7.89. The normalized spacial score (nSPS) is 12.4. The van der Waals surface area contributed by atoms with Gasteiger partial charge < -0.3 is 15.7 Å². The van der Waals surface area contributed by atoms with Crippen LogP contribution in [-0.4, -0.2) is 27.6 Å². The van der Waals surface area contributed by atoms with Crippen molar-refractivity contribution in [1.82, 2.24) is 0 Å². The van der Waals surface area contributed by atoms with Crippen LogP contribution >= 0.6 is 0 Å². The van der Waals surface area contributed by atoms with Crippen LogP contribution in [0.3, 0.4) is 0 Å². The molecule has 5 heteroatoms. The molecule has 0 fully saturated rings. The molecule has 0 aromatic rings. The average Bonchev–Trinajstić information content (AvgIpc) is 2.40. The lowest BCUT2D eigenvalue weighted by Gasteiger charge is -2.06. The van der Waals surface area contributed by atoms with Gasteiger partial charge in [-0.25, -0.2) is 0 Å². The second-order valence-corrected chi connectivity index (χ2v) is 5.17. The van der Waals surface area contributed by atoms with Crippen molar-refractivity contribution < 1.29 is 25.3 Å². The zero-order chi connectivity index (χ0) is 16.0. The summed E-state index contributed by atoms with van der Waals surface area (Å²) in [6.45, 7) is 8.01. The highest BCUT2D eigenvalue weighted by Crippen LogP contribution is 2.12. The van der Waals surface area contributed by atoms with Crippen LogP contribution in [0.15, 0.2) is 0 Å². The Hall–Kier alpha value is -1.10. The minimum Gasteiger partial charge on any atom is -0.481 e. The monoisotopic (exact) mass is 306 g/mol. The van der Waals surface area contributed by atoms with E-state index in [2.05, 4.69) is 13.8 Å². The molecule has 2 unspecified atom stereocenters. The molecule has 128 valence electrons. The lowest BCUT2D eigenvalue weighted by atomic mass is 10.00. The van der Waals surface area contributed by atoms with Gasteiger partial charge in [-0.3, -0.25) is 9.59 Å². The maximum Gasteiger partial charge on any atom is 0.306 e. The molecule has 0 aromatic heterocycles. The smallest absolute Gasteiger partial charge is 0.306 e. The fourth-order valence-electron chi connectivity index (χ4n) is 1.91. The minimum absolute atomic E-state index is 0. The molecule has 0 rings (SSSR count). The van der Waals surface area contributed by atoms with Crippen LogP contribution in [-0.2, 0) is 9.59 Å². The summed E-state index contributed by atoms with van der Waals surface area (Å²) in [5, 5.41) is 17.2. The molecule has 0 aliphatic heterocycles. The molecule has 0 aliphatic rings. The standard InChI is InChI=1S/2C8H16O2.H2O/c2*1-3-5-6-7(4-2)8(9)10;/h2*7H,3-6H2,1-2H3,(H,9,10);1H2. The van der Waals surface area contributed by atoms with Gasteiger partial charge in [0.15, 0.2) is 0 Å². The van der Waals surface area contributed by atoms with Crippen molar-refractivity contribution in [3.8, 4) is 0 Å². The van der Waals surface area contributed by atoms with Gasteiger partial charge in [0.1, 0.15) is 0 Å². The van der Waals surface area contributed by atoms with Gasteiger partial charge in [-0.05, 0) is 25.7 Å². The Labute approximate surface area is 129 Å². The SMILES string of the molecule is CCCCC(CC)C(=O)O.CCCCC(CC)C(=O)O.O. The van der Waals surface area contributed by atoms with Gasteiger partial charge in [-0.15, -0.1) is 0 Å². The summed E-state index contributed by atoms with van der Waals surface area (Å²) in [5.41, 5.74) is 0. The Balaban J connectivity index is -0.000000295. The lowest BCUT2D eigenvalue weighted by Crippen LogP contribution is -2.11. The molecule has 0 aromatic carbocycles. The molecule has 0 saturated carbocycles. The highest BCUT2D eigenvalue weighted by atomic mass is 16.4. The van der Waals surface area contributed by atoms with Gasteiger partial charge in [0, 0.05) is 0 Å². The summed E-state index contributed by atoms with van der Waals surface area (Å²) in [6.07, 6.45) is 7.43. The largest absolute Gasteiger partial charge is 0.481 e. The molecule has 0 heterocycles. The number of carboxylic acid groups (broad SMARTS) is 2. The number of hydrogen-bond donors (Lipinski definition) is 2. The molecule has 0 saturated heterocycles. The van der Waals surface area contributed by atoms with Gasteiger partial charge in [-0.2, -0.15) is 0 Å². The Morgan fingerprint density at radius 3 is 1.19 bits per heavy atom. The second kappa shape index (κ2) is 17.0. The van der Waals surface area contributed by atoms with Crippen LogP contribution in [0.2, 0.25) is 0 Å². The van der Waals surface area contributed by atoms with Crippen LogP contribution < -0.4 is 0 Å². The predicted octanol–water partition coefficient (Wildman–Crippen LogP) is 3.75. The van der Waals surface area contributed by atoms with E-state index in [4.69, 9.17) is 10.2 Å². The van der Waals surface area contributed by atoms with Crippen molar-refractivity contribution in [3.63, 3.8) is 0 Å². The number of unbranched alkanes of at least 4 members (excludes halogenated alkanes) is 2. The van der Waals surface area contributed by atoms with E-state index >= 15 is 0 Å². The van der Waals surface area contributed by atoms with Crippen LogP contribution in [0.4, 0.5) is 0 Å². The summed E-state index contributed by atoms with van der Waals surface area (Å²) in [4.78, 5) is 20.9. The minimum atomic E-state index is -0.643. The van der Waals surface area contributed by atoms with Crippen molar-refractivity contribution in [2.24, 2.45) is 11.8 Å². The van der Waals surface area contributed by atoms with Gasteiger partial charge >= 0.3 is 11.9 Å². The fourth-order valence-corrected chi connectivity index (χ4v) is 1.91. The van der Waals surface area contributed by atoms with Crippen LogP contribution in [0.1, 0.15) is 79.1 Å². The summed E-state index contributed by atoms with van der Waals surface area (Å²) in [7, 11) is 0. The van der Waals surface area contributed by atoms with E-state index in [9.17, 15) is 9.59 Å². The Morgan fingerprint density at radius 2 is 1.05 bits per heavy atom. The number of hydrogen-bond acceptors (Lipinski definition) is 2. The fraction of sp³-hybridized carbons (Fsp3) is 0.875. The van der Waals surface area contributed by atoms with Crippen molar-refractivity contribution in [1.29, 1.82) is 0 Å². The summed E-state index contributed by atoms with van der Waals surface area (Å²) in [6, 6.07) is 0. The third-order valence-corrected chi connectivity index (χ3v) is 3.50. The van der Waals surface area contributed by atoms with Gasteiger partial charge in [0.2, 0.25) is 0 Å². The lowest BCUT2D eigenvalue weighted by molar-refractivity contribution is -0.143. The summed E-state index contributed by atoms with van der Waals surface area (Å²) in [5.74, 6) is -1.51. The molecule has 0 amide bonds. The topological polar surface area (TPSA) is 106 Å². The summed E-state index contributed by atoms with van der Waals surface area (Å²) < 4.78 is 0. The van der Waals surface area contributed by atoms with Gasteiger partial charge in [0.05, 0.1) is 11.8 Å². The van der Waals surface area contributed by atoms with Crippen LogP contribution in [0.25, 0.3) is 0 Å². The Kier molecular flexibility index (Phi) is 20.1. The number of carbonyl (C=O) groups is 2. The molecule has 0 spiro atoms. The number of aliphatic carboxylic acids is 2. The Morgan fingerprint density at radius 1 is 0.762 bits per heavy atom. The van der Waals surface area contributed by atoms with Crippen molar-refractivity contribution in [2.75, 3.05) is 0 Å². The van der Waals surface area contributed by atoms with Crippen LogP contribution in [0.5, 0.6) is 0 Å². The number of carboxylic acids is 2. The molecule has 5 nitrogen and oxygen atoms in total.